The molecule has 0 bridgehead atoms. The Labute approximate surface area is 178 Å². The van der Waals surface area contributed by atoms with E-state index in [4.69, 9.17) is 9.47 Å². The van der Waals surface area contributed by atoms with Gasteiger partial charge in [0.2, 0.25) is 0 Å². The van der Waals surface area contributed by atoms with Crippen molar-refractivity contribution >= 4 is 0 Å². The Kier molecular flexibility index (Phi) is 5.85. The molecule has 0 aromatic heterocycles. The Bertz CT molecular complexity index is 1080. The standard InChI is InChI=1S/C28H26O2/c1-20(2)22-6-14-26(15-7-22)30-28-18-10-24(11-19-28)23-8-16-27(17-9-23)29-25-12-4-21(3)5-13-25/h4-20H,1-3H3. The smallest absolute Gasteiger partial charge is 0.127 e. The van der Waals surface area contributed by atoms with Gasteiger partial charge >= 0.3 is 0 Å². The minimum absolute atomic E-state index is 0.520. The average Bonchev–Trinajstić information content (AvgIpc) is 2.77. The summed E-state index contributed by atoms with van der Waals surface area (Å²) in [6.45, 7) is 6.45. The van der Waals surface area contributed by atoms with Crippen molar-refractivity contribution in [3.63, 3.8) is 0 Å². The zero-order valence-corrected chi connectivity index (χ0v) is 17.6. The lowest BCUT2D eigenvalue weighted by atomic mass is 10.0. The molecule has 0 spiro atoms. The first-order chi connectivity index (χ1) is 14.6. The van der Waals surface area contributed by atoms with Crippen LogP contribution in [-0.2, 0) is 0 Å². The molecule has 30 heavy (non-hydrogen) atoms. The van der Waals surface area contributed by atoms with Crippen molar-refractivity contribution in [1.29, 1.82) is 0 Å². The van der Waals surface area contributed by atoms with E-state index in [2.05, 4.69) is 57.2 Å². The van der Waals surface area contributed by atoms with Gasteiger partial charge in [0.1, 0.15) is 23.0 Å². The Morgan fingerprint density at radius 2 is 0.800 bits per heavy atom. The van der Waals surface area contributed by atoms with E-state index in [0.29, 0.717) is 5.92 Å². The number of hydrogen-bond acceptors (Lipinski definition) is 2. The van der Waals surface area contributed by atoms with Gasteiger partial charge < -0.3 is 9.47 Å². The molecular formula is C28H26O2. The van der Waals surface area contributed by atoms with Crippen LogP contribution in [0.3, 0.4) is 0 Å². The van der Waals surface area contributed by atoms with Crippen LogP contribution in [0.4, 0.5) is 0 Å². The molecule has 4 aromatic carbocycles. The Morgan fingerprint density at radius 3 is 1.17 bits per heavy atom. The monoisotopic (exact) mass is 394 g/mol. The van der Waals surface area contributed by atoms with Crippen molar-refractivity contribution in [3.8, 4) is 34.1 Å². The summed E-state index contributed by atoms with van der Waals surface area (Å²) >= 11 is 0. The largest absolute Gasteiger partial charge is 0.457 e. The van der Waals surface area contributed by atoms with Crippen LogP contribution in [0.15, 0.2) is 97.1 Å². The summed E-state index contributed by atoms with van der Waals surface area (Å²) in [5, 5.41) is 0. The highest BCUT2D eigenvalue weighted by molar-refractivity contribution is 5.65. The van der Waals surface area contributed by atoms with Crippen LogP contribution in [0.2, 0.25) is 0 Å². The van der Waals surface area contributed by atoms with Gasteiger partial charge in [0.25, 0.3) is 0 Å². The first-order valence-corrected chi connectivity index (χ1v) is 10.3. The zero-order valence-electron chi connectivity index (χ0n) is 17.6. The normalized spacial score (nSPS) is 10.8. The fraction of sp³-hybridized carbons (Fsp3) is 0.143. The predicted octanol–water partition coefficient (Wildman–Crippen LogP) is 8.37. The maximum Gasteiger partial charge on any atom is 0.127 e. The summed E-state index contributed by atoms with van der Waals surface area (Å²) in [6.07, 6.45) is 0. The fourth-order valence-electron chi connectivity index (χ4n) is 3.23. The Hall–Kier alpha value is -3.52. The number of ether oxygens (including phenoxy) is 2. The molecule has 0 radical (unpaired) electrons. The van der Waals surface area contributed by atoms with Crippen molar-refractivity contribution < 1.29 is 9.47 Å². The molecule has 0 atom stereocenters. The lowest BCUT2D eigenvalue weighted by Gasteiger charge is -2.10. The van der Waals surface area contributed by atoms with E-state index in [-0.39, 0.29) is 0 Å². The number of rotatable bonds is 6. The summed E-state index contributed by atoms with van der Waals surface area (Å²) in [6, 6.07) is 32.6. The minimum atomic E-state index is 0.520. The van der Waals surface area contributed by atoms with Crippen molar-refractivity contribution in [2.75, 3.05) is 0 Å². The highest BCUT2D eigenvalue weighted by Crippen LogP contribution is 2.29. The average molecular weight is 395 g/mol. The van der Waals surface area contributed by atoms with E-state index < -0.39 is 0 Å². The van der Waals surface area contributed by atoms with E-state index >= 15 is 0 Å². The van der Waals surface area contributed by atoms with Gasteiger partial charge in [0.15, 0.2) is 0 Å². The third-order valence-corrected chi connectivity index (χ3v) is 5.08. The molecule has 0 saturated carbocycles. The van der Waals surface area contributed by atoms with E-state index in [1.165, 1.54) is 11.1 Å². The lowest BCUT2D eigenvalue weighted by Crippen LogP contribution is -1.88. The zero-order chi connectivity index (χ0) is 20.9. The van der Waals surface area contributed by atoms with Crippen LogP contribution in [0.1, 0.15) is 30.9 Å². The maximum absolute atomic E-state index is 5.98. The van der Waals surface area contributed by atoms with E-state index in [9.17, 15) is 0 Å². The minimum Gasteiger partial charge on any atom is -0.457 e. The van der Waals surface area contributed by atoms with Crippen LogP contribution in [-0.4, -0.2) is 0 Å². The van der Waals surface area contributed by atoms with Gasteiger partial charge in [0, 0.05) is 0 Å². The second-order valence-corrected chi connectivity index (χ2v) is 7.79. The summed E-state index contributed by atoms with van der Waals surface area (Å²) in [7, 11) is 0. The van der Waals surface area contributed by atoms with Crippen LogP contribution in [0, 0.1) is 6.92 Å². The molecule has 150 valence electrons. The van der Waals surface area contributed by atoms with Crippen molar-refractivity contribution in [3.05, 3.63) is 108 Å². The fourth-order valence-corrected chi connectivity index (χ4v) is 3.23. The highest BCUT2D eigenvalue weighted by Gasteiger charge is 2.04. The molecule has 0 amide bonds. The molecule has 0 aliphatic heterocycles. The molecule has 4 aromatic rings. The molecule has 0 aliphatic rings. The summed E-state index contributed by atoms with van der Waals surface area (Å²) in [5.41, 5.74) is 4.81. The molecule has 0 heterocycles. The molecule has 0 N–H and O–H groups in total. The van der Waals surface area contributed by atoms with Gasteiger partial charge in [0.05, 0.1) is 0 Å². The predicted molar refractivity (Wildman–Crippen MR) is 124 cm³/mol. The number of hydrogen-bond donors (Lipinski definition) is 0. The second kappa shape index (κ2) is 8.87. The maximum atomic E-state index is 5.98. The first-order valence-electron chi connectivity index (χ1n) is 10.3. The molecule has 0 unspecified atom stereocenters. The van der Waals surface area contributed by atoms with Gasteiger partial charge in [-0.2, -0.15) is 0 Å². The molecule has 2 nitrogen and oxygen atoms in total. The van der Waals surface area contributed by atoms with Gasteiger partial charge in [-0.25, -0.2) is 0 Å². The van der Waals surface area contributed by atoms with Crippen LogP contribution in [0.25, 0.3) is 11.1 Å². The third-order valence-electron chi connectivity index (χ3n) is 5.08. The summed E-state index contributed by atoms with van der Waals surface area (Å²) in [4.78, 5) is 0. The van der Waals surface area contributed by atoms with Crippen LogP contribution in [0.5, 0.6) is 23.0 Å². The molecular weight excluding hydrogens is 368 g/mol. The van der Waals surface area contributed by atoms with E-state index in [1.54, 1.807) is 0 Å². The topological polar surface area (TPSA) is 18.5 Å². The van der Waals surface area contributed by atoms with Crippen molar-refractivity contribution in [1.82, 2.24) is 0 Å². The second-order valence-electron chi connectivity index (χ2n) is 7.79. The van der Waals surface area contributed by atoms with Gasteiger partial charge in [-0.15, -0.1) is 0 Å². The van der Waals surface area contributed by atoms with E-state index in [1.807, 2.05) is 60.7 Å². The molecule has 0 aliphatic carbocycles. The van der Waals surface area contributed by atoms with Gasteiger partial charge in [-0.3, -0.25) is 0 Å². The Morgan fingerprint density at radius 1 is 0.467 bits per heavy atom. The SMILES string of the molecule is Cc1ccc(Oc2ccc(-c3ccc(Oc4ccc(C(C)C)cc4)cc3)cc2)cc1. The number of aryl methyl sites for hydroxylation is 1. The molecule has 0 saturated heterocycles. The van der Waals surface area contributed by atoms with Crippen LogP contribution < -0.4 is 9.47 Å². The molecule has 2 heteroatoms. The highest BCUT2D eigenvalue weighted by atomic mass is 16.5. The quantitative estimate of drug-likeness (QED) is 0.327. The summed E-state index contributed by atoms with van der Waals surface area (Å²) < 4.78 is 11.9. The Balaban J connectivity index is 1.41. The van der Waals surface area contributed by atoms with Crippen molar-refractivity contribution in [2.45, 2.75) is 26.7 Å². The lowest BCUT2D eigenvalue weighted by molar-refractivity contribution is 0.482. The third kappa shape index (κ3) is 4.90. The number of benzene rings is 4. The van der Waals surface area contributed by atoms with E-state index in [0.717, 1.165) is 34.1 Å². The van der Waals surface area contributed by atoms with Crippen molar-refractivity contribution in [2.24, 2.45) is 0 Å². The van der Waals surface area contributed by atoms with Gasteiger partial charge in [-0.1, -0.05) is 67.9 Å². The van der Waals surface area contributed by atoms with Crippen LogP contribution >= 0.6 is 0 Å². The summed E-state index contributed by atoms with van der Waals surface area (Å²) in [5.74, 6) is 3.87. The first kappa shape index (κ1) is 19.8. The van der Waals surface area contributed by atoms with Gasteiger partial charge in [-0.05, 0) is 78.1 Å². The molecule has 4 rings (SSSR count). The molecule has 0 fully saturated rings.